The Labute approximate surface area is 122 Å². The molecule has 3 aromatic rings. The molecule has 0 fully saturated rings. The highest BCUT2D eigenvalue weighted by Gasteiger charge is 2.12. The summed E-state index contributed by atoms with van der Waals surface area (Å²) in [5, 5.41) is 3.75. The number of carbonyl (C=O) groups excluding carboxylic acids is 1. The van der Waals surface area contributed by atoms with Crippen LogP contribution in [0, 0.1) is 0 Å². The van der Waals surface area contributed by atoms with Crippen molar-refractivity contribution >= 4 is 16.9 Å². The van der Waals surface area contributed by atoms with Crippen LogP contribution in [0.3, 0.4) is 0 Å². The smallest absolute Gasteiger partial charge is 0.251 e. The van der Waals surface area contributed by atoms with E-state index in [1.165, 1.54) is 0 Å². The fourth-order valence-electron chi connectivity index (χ4n) is 2.22. The minimum atomic E-state index is -0.157. The lowest BCUT2D eigenvalue weighted by Crippen LogP contribution is -2.22. The minimum Gasteiger partial charge on any atom is -0.496 e. The van der Waals surface area contributed by atoms with E-state index in [0.29, 0.717) is 23.4 Å². The van der Waals surface area contributed by atoms with Crippen LogP contribution in [0.4, 0.5) is 0 Å². The number of nitrogens with one attached hydrogen (secondary N) is 1. The third kappa shape index (κ3) is 2.74. The van der Waals surface area contributed by atoms with E-state index in [0.717, 1.165) is 10.9 Å². The standard InChI is InChI=1S/C17H15NO3/c1-20-15-9-13(10-16-14(15)7-8-21-16)17(19)18-11-12-5-3-2-4-6-12/h2-10H,11H2,1H3,(H,18,19). The molecule has 0 aliphatic rings. The topological polar surface area (TPSA) is 51.5 Å². The number of benzene rings is 2. The summed E-state index contributed by atoms with van der Waals surface area (Å²) in [4.78, 5) is 12.2. The quantitative estimate of drug-likeness (QED) is 0.797. The van der Waals surface area contributed by atoms with Crippen LogP contribution in [0.2, 0.25) is 0 Å². The molecule has 2 aromatic carbocycles. The van der Waals surface area contributed by atoms with Gasteiger partial charge in [-0.2, -0.15) is 0 Å². The lowest BCUT2D eigenvalue weighted by atomic mass is 10.1. The molecule has 0 aliphatic carbocycles. The molecular formula is C17H15NO3. The summed E-state index contributed by atoms with van der Waals surface area (Å²) in [6, 6.07) is 15.0. The van der Waals surface area contributed by atoms with Gasteiger partial charge in [0.15, 0.2) is 0 Å². The molecular weight excluding hydrogens is 266 g/mol. The Morgan fingerprint density at radius 2 is 2.00 bits per heavy atom. The van der Waals surface area contributed by atoms with E-state index in [1.54, 1.807) is 25.5 Å². The zero-order valence-corrected chi connectivity index (χ0v) is 11.6. The van der Waals surface area contributed by atoms with E-state index in [9.17, 15) is 4.79 Å². The number of hydrogen-bond acceptors (Lipinski definition) is 3. The first-order valence-electron chi connectivity index (χ1n) is 6.65. The average Bonchev–Trinajstić information content (AvgIpc) is 3.01. The number of hydrogen-bond donors (Lipinski definition) is 1. The van der Waals surface area contributed by atoms with Gasteiger partial charge in [-0.15, -0.1) is 0 Å². The number of fused-ring (bicyclic) bond motifs is 1. The second kappa shape index (κ2) is 5.71. The van der Waals surface area contributed by atoms with Gasteiger partial charge in [0, 0.05) is 12.1 Å². The molecule has 0 saturated carbocycles. The lowest BCUT2D eigenvalue weighted by molar-refractivity contribution is 0.0950. The van der Waals surface area contributed by atoms with Crippen molar-refractivity contribution in [1.82, 2.24) is 5.32 Å². The van der Waals surface area contributed by atoms with Gasteiger partial charge in [-0.1, -0.05) is 30.3 Å². The Morgan fingerprint density at radius 3 is 2.76 bits per heavy atom. The zero-order chi connectivity index (χ0) is 14.7. The van der Waals surface area contributed by atoms with Crippen molar-refractivity contribution in [3.8, 4) is 5.75 Å². The van der Waals surface area contributed by atoms with E-state index in [1.807, 2.05) is 36.4 Å². The van der Waals surface area contributed by atoms with Crippen LogP contribution in [0.25, 0.3) is 11.0 Å². The highest BCUT2D eigenvalue weighted by molar-refractivity contribution is 5.99. The fraction of sp³-hybridized carbons (Fsp3) is 0.118. The fourth-order valence-corrected chi connectivity index (χ4v) is 2.22. The van der Waals surface area contributed by atoms with Gasteiger partial charge in [-0.05, 0) is 23.8 Å². The molecule has 21 heavy (non-hydrogen) atoms. The Kier molecular flexibility index (Phi) is 3.60. The van der Waals surface area contributed by atoms with Crippen LogP contribution in [-0.4, -0.2) is 13.0 Å². The van der Waals surface area contributed by atoms with Gasteiger partial charge in [0.05, 0.1) is 18.8 Å². The largest absolute Gasteiger partial charge is 0.496 e. The summed E-state index contributed by atoms with van der Waals surface area (Å²) in [6.07, 6.45) is 1.58. The third-order valence-electron chi connectivity index (χ3n) is 3.31. The molecule has 0 bridgehead atoms. The summed E-state index contributed by atoms with van der Waals surface area (Å²) >= 11 is 0. The van der Waals surface area contributed by atoms with Gasteiger partial charge >= 0.3 is 0 Å². The molecule has 4 heteroatoms. The van der Waals surface area contributed by atoms with Crippen molar-refractivity contribution in [1.29, 1.82) is 0 Å². The van der Waals surface area contributed by atoms with Crippen molar-refractivity contribution in [2.45, 2.75) is 6.54 Å². The van der Waals surface area contributed by atoms with Crippen molar-refractivity contribution in [2.75, 3.05) is 7.11 Å². The molecule has 1 heterocycles. The Morgan fingerprint density at radius 1 is 1.19 bits per heavy atom. The summed E-state index contributed by atoms with van der Waals surface area (Å²) in [7, 11) is 1.58. The summed E-state index contributed by atoms with van der Waals surface area (Å²) < 4.78 is 10.7. The minimum absolute atomic E-state index is 0.157. The molecule has 1 amide bonds. The number of furan rings is 1. The number of methoxy groups -OCH3 is 1. The molecule has 3 rings (SSSR count). The Bertz CT molecular complexity index is 762. The van der Waals surface area contributed by atoms with Gasteiger partial charge < -0.3 is 14.5 Å². The molecule has 0 aliphatic heterocycles. The normalized spacial score (nSPS) is 10.5. The van der Waals surface area contributed by atoms with Crippen molar-refractivity contribution in [3.05, 3.63) is 65.9 Å². The summed E-state index contributed by atoms with van der Waals surface area (Å²) in [5.41, 5.74) is 2.21. The van der Waals surface area contributed by atoms with E-state index < -0.39 is 0 Å². The predicted molar refractivity (Wildman–Crippen MR) is 80.4 cm³/mol. The first-order valence-corrected chi connectivity index (χ1v) is 6.65. The second-order valence-corrected chi connectivity index (χ2v) is 4.68. The van der Waals surface area contributed by atoms with Crippen LogP contribution < -0.4 is 10.1 Å². The number of amides is 1. The summed E-state index contributed by atoms with van der Waals surface area (Å²) in [5.74, 6) is 0.474. The molecule has 0 spiro atoms. The van der Waals surface area contributed by atoms with E-state index in [2.05, 4.69) is 5.32 Å². The first kappa shape index (κ1) is 13.2. The molecule has 0 atom stereocenters. The Hall–Kier alpha value is -2.75. The highest BCUT2D eigenvalue weighted by atomic mass is 16.5. The Balaban J connectivity index is 1.81. The highest BCUT2D eigenvalue weighted by Crippen LogP contribution is 2.28. The van der Waals surface area contributed by atoms with E-state index >= 15 is 0 Å². The zero-order valence-electron chi connectivity index (χ0n) is 11.6. The van der Waals surface area contributed by atoms with Crippen LogP contribution >= 0.6 is 0 Å². The second-order valence-electron chi connectivity index (χ2n) is 4.68. The van der Waals surface area contributed by atoms with E-state index in [4.69, 9.17) is 9.15 Å². The maximum absolute atomic E-state index is 12.2. The van der Waals surface area contributed by atoms with Gasteiger partial charge in [0.2, 0.25) is 0 Å². The van der Waals surface area contributed by atoms with E-state index in [-0.39, 0.29) is 5.91 Å². The summed E-state index contributed by atoms with van der Waals surface area (Å²) in [6.45, 7) is 0.484. The molecule has 4 nitrogen and oxygen atoms in total. The number of rotatable bonds is 4. The predicted octanol–water partition coefficient (Wildman–Crippen LogP) is 3.37. The maximum Gasteiger partial charge on any atom is 0.251 e. The van der Waals surface area contributed by atoms with Crippen LogP contribution in [0.1, 0.15) is 15.9 Å². The average molecular weight is 281 g/mol. The molecule has 0 unspecified atom stereocenters. The first-order chi connectivity index (χ1) is 10.3. The van der Waals surface area contributed by atoms with Crippen LogP contribution in [0.15, 0.2) is 59.2 Å². The van der Waals surface area contributed by atoms with Crippen molar-refractivity contribution < 1.29 is 13.9 Å². The molecule has 0 saturated heterocycles. The lowest BCUT2D eigenvalue weighted by Gasteiger charge is -2.07. The monoisotopic (exact) mass is 281 g/mol. The maximum atomic E-state index is 12.2. The van der Waals surface area contributed by atoms with Gasteiger partial charge in [0.1, 0.15) is 11.3 Å². The molecule has 0 radical (unpaired) electrons. The van der Waals surface area contributed by atoms with Crippen molar-refractivity contribution in [2.24, 2.45) is 0 Å². The number of ether oxygens (including phenoxy) is 1. The van der Waals surface area contributed by atoms with Gasteiger partial charge in [-0.3, -0.25) is 4.79 Å². The number of carbonyl (C=O) groups is 1. The molecule has 1 N–H and O–H groups in total. The SMILES string of the molecule is COc1cc(C(=O)NCc2ccccc2)cc2occc12. The third-order valence-corrected chi connectivity index (χ3v) is 3.31. The molecule has 1 aromatic heterocycles. The van der Waals surface area contributed by atoms with Crippen LogP contribution in [0.5, 0.6) is 5.75 Å². The van der Waals surface area contributed by atoms with Gasteiger partial charge in [-0.25, -0.2) is 0 Å². The molecule has 106 valence electrons. The van der Waals surface area contributed by atoms with Crippen molar-refractivity contribution in [3.63, 3.8) is 0 Å². The van der Waals surface area contributed by atoms with Gasteiger partial charge in [0.25, 0.3) is 5.91 Å². The van der Waals surface area contributed by atoms with Crippen LogP contribution in [-0.2, 0) is 6.54 Å².